The van der Waals surface area contributed by atoms with Crippen molar-refractivity contribution in [2.45, 2.75) is 19.3 Å². The molecule has 1 aliphatic heterocycles. The van der Waals surface area contributed by atoms with Gasteiger partial charge in [0.1, 0.15) is 0 Å². The minimum Gasteiger partial charge on any atom is -0.375 e. The summed E-state index contributed by atoms with van der Waals surface area (Å²) in [6.45, 7) is 4.29. The normalized spacial score (nSPS) is 22.4. The molecule has 1 saturated heterocycles. The highest BCUT2D eigenvalue weighted by Gasteiger charge is 2.15. The van der Waals surface area contributed by atoms with E-state index in [1.54, 1.807) is 0 Å². The van der Waals surface area contributed by atoms with Crippen LogP contribution in [0.1, 0.15) is 6.92 Å². The second-order valence-corrected chi connectivity index (χ2v) is 2.69. The van der Waals surface area contributed by atoms with Gasteiger partial charge in [-0.05, 0) is 6.92 Å². The molecule has 1 atom stereocenters. The van der Waals surface area contributed by atoms with Crippen molar-refractivity contribution in [2.75, 3.05) is 26.4 Å². The zero-order valence-corrected chi connectivity index (χ0v) is 6.79. The minimum atomic E-state index is -0.172. The molecule has 1 heterocycles. The van der Waals surface area contributed by atoms with Crippen LogP contribution in [-0.2, 0) is 14.2 Å². The molecule has 1 unspecified atom stereocenters. The molecular weight excluding hydrogens is 146 g/mol. The lowest BCUT2D eigenvalue weighted by molar-refractivity contribution is -0.0950. The lowest BCUT2D eigenvalue weighted by atomic mass is 10.4. The number of hydrogen-bond acceptors (Lipinski definition) is 4. The smallest absolute Gasteiger partial charge is 0.181 e. The van der Waals surface area contributed by atoms with Crippen LogP contribution >= 0.6 is 0 Å². The first-order valence-electron chi connectivity index (χ1n) is 3.85. The van der Waals surface area contributed by atoms with Gasteiger partial charge in [-0.3, -0.25) is 0 Å². The summed E-state index contributed by atoms with van der Waals surface area (Å²) in [5.41, 5.74) is 5.47. The number of nitrogens with two attached hydrogens (primary N) is 1. The molecule has 66 valence electrons. The van der Waals surface area contributed by atoms with Crippen LogP contribution < -0.4 is 5.73 Å². The van der Waals surface area contributed by atoms with Gasteiger partial charge in [-0.15, -0.1) is 0 Å². The van der Waals surface area contributed by atoms with Crippen LogP contribution in [0.3, 0.4) is 0 Å². The Balaban J connectivity index is 1.94. The highest BCUT2D eigenvalue weighted by Crippen LogP contribution is 2.03. The average Bonchev–Trinajstić information content (AvgIpc) is 2.39. The summed E-state index contributed by atoms with van der Waals surface area (Å²) < 4.78 is 15.5. The monoisotopic (exact) mass is 161 g/mol. The van der Waals surface area contributed by atoms with Gasteiger partial charge in [0, 0.05) is 6.04 Å². The molecule has 0 bridgehead atoms. The summed E-state index contributed by atoms with van der Waals surface area (Å²) in [4.78, 5) is 0. The molecule has 0 spiro atoms. The van der Waals surface area contributed by atoms with E-state index in [-0.39, 0.29) is 12.3 Å². The highest BCUT2D eigenvalue weighted by atomic mass is 16.7. The fraction of sp³-hybridized carbons (Fsp3) is 1.00. The standard InChI is InChI=1S/C7H15NO3/c1-6(8)4-9-5-7-10-2-3-11-7/h6-7H,2-5,8H2,1H3. The quantitative estimate of drug-likeness (QED) is 0.616. The first-order valence-corrected chi connectivity index (χ1v) is 3.85. The lowest BCUT2D eigenvalue weighted by Gasteiger charge is -2.10. The van der Waals surface area contributed by atoms with Crippen molar-refractivity contribution in [3.05, 3.63) is 0 Å². The Bertz CT molecular complexity index is 102. The van der Waals surface area contributed by atoms with E-state index in [2.05, 4.69) is 0 Å². The zero-order valence-electron chi connectivity index (χ0n) is 6.79. The van der Waals surface area contributed by atoms with E-state index >= 15 is 0 Å². The fourth-order valence-corrected chi connectivity index (χ4v) is 0.854. The summed E-state index contributed by atoms with van der Waals surface area (Å²) in [5, 5.41) is 0. The van der Waals surface area contributed by atoms with E-state index in [0.29, 0.717) is 26.4 Å². The van der Waals surface area contributed by atoms with Gasteiger partial charge in [0.25, 0.3) is 0 Å². The molecule has 0 amide bonds. The number of ether oxygens (including phenoxy) is 3. The van der Waals surface area contributed by atoms with Gasteiger partial charge in [-0.1, -0.05) is 0 Å². The topological polar surface area (TPSA) is 53.7 Å². The Kier molecular flexibility index (Phi) is 3.79. The Morgan fingerprint density at radius 1 is 1.55 bits per heavy atom. The largest absolute Gasteiger partial charge is 0.375 e. The van der Waals surface area contributed by atoms with Gasteiger partial charge in [0.05, 0.1) is 26.4 Å². The van der Waals surface area contributed by atoms with Crippen molar-refractivity contribution >= 4 is 0 Å². The van der Waals surface area contributed by atoms with Crippen molar-refractivity contribution in [1.82, 2.24) is 0 Å². The van der Waals surface area contributed by atoms with E-state index in [4.69, 9.17) is 19.9 Å². The first kappa shape index (κ1) is 8.93. The molecule has 0 saturated carbocycles. The minimum absolute atomic E-state index is 0.0800. The number of hydrogen-bond donors (Lipinski definition) is 1. The Morgan fingerprint density at radius 3 is 2.73 bits per heavy atom. The summed E-state index contributed by atoms with van der Waals surface area (Å²) >= 11 is 0. The third kappa shape index (κ3) is 3.67. The maximum atomic E-state index is 5.47. The zero-order chi connectivity index (χ0) is 8.10. The SMILES string of the molecule is CC(N)COCC1OCCO1. The van der Waals surface area contributed by atoms with E-state index in [0.717, 1.165) is 0 Å². The molecule has 1 rings (SSSR count). The van der Waals surface area contributed by atoms with E-state index in [9.17, 15) is 0 Å². The van der Waals surface area contributed by atoms with Crippen molar-refractivity contribution in [3.8, 4) is 0 Å². The Labute approximate surface area is 66.6 Å². The van der Waals surface area contributed by atoms with Crippen LogP contribution in [0, 0.1) is 0 Å². The predicted molar refractivity (Wildman–Crippen MR) is 40.2 cm³/mol. The molecule has 1 aliphatic rings. The average molecular weight is 161 g/mol. The van der Waals surface area contributed by atoms with Crippen LogP contribution in [0.4, 0.5) is 0 Å². The molecule has 1 fully saturated rings. The van der Waals surface area contributed by atoms with E-state index in [1.807, 2.05) is 6.92 Å². The van der Waals surface area contributed by atoms with Gasteiger partial charge in [-0.2, -0.15) is 0 Å². The molecule has 0 aromatic heterocycles. The second-order valence-electron chi connectivity index (χ2n) is 2.69. The predicted octanol–water partition coefficient (Wildman–Crippen LogP) is -0.277. The van der Waals surface area contributed by atoms with Gasteiger partial charge >= 0.3 is 0 Å². The van der Waals surface area contributed by atoms with Crippen LogP contribution in [-0.4, -0.2) is 38.8 Å². The van der Waals surface area contributed by atoms with Crippen LogP contribution in [0.25, 0.3) is 0 Å². The van der Waals surface area contributed by atoms with Crippen LogP contribution in [0.15, 0.2) is 0 Å². The summed E-state index contributed by atoms with van der Waals surface area (Å²) in [6, 6.07) is 0.0800. The van der Waals surface area contributed by atoms with Crippen molar-refractivity contribution < 1.29 is 14.2 Å². The Morgan fingerprint density at radius 2 is 2.18 bits per heavy atom. The van der Waals surface area contributed by atoms with Crippen LogP contribution in [0.5, 0.6) is 0 Å². The molecule has 0 aromatic rings. The van der Waals surface area contributed by atoms with E-state index in [1.165, 1.54) is 0 Å². The maximum absolute atomic E-state index is 5.47. The summed E-state index contributed by atoms with van der Waals surface area (Å²) in [7, 11) is 0. The fourth-order valence-electron chi connectivity index (χ4n) is 0.854. The molecule has 0 radical (unpaired) electrons. The third-order valence-corrected chi connectivity index (χ3v) is 1.33. The maximum Gasteiger partial charge on any atom is 0.181 e. The summed E-state index contributed by atoms with van der Waals surface area (Å²) in [6.07, 6.45) is -0.172. The van der Waals surface area contributed by atoms with Crippen LogP contribution in [0.2, 0.25) is 0 Å². The number of rotatable bonds is 4. The molecule has 0 aliphatic carbocycles. The molecule has 4 heteroatoms. The molecule has 2 N–H and O–H groups in total. The second kappa shape index (κ2) is 4.66. The molecule has 0 aromatic carbocycles. The van der Waals surface area contributed by atoms with Gasteiger partial charge in [0.15, 0.2) is 6.29 Å². The van der Waals surface area contributed by atoms with Gasteiger partial charge < -0.3 is 19.9 Å². The molecular formula is C7H15NO3. The van der Waals surface area contributed by atoms with Crippen molar-refractivity contribution in [2.24, 2.45) is 5.73 Å². The molecule has 11 heavy (non-hydrogen) atoms. The van der Waals surface area contributed by atoms with Crippen molar-refractivity contribution in [1.29, 1.82) is 0 Å². The first-order chi connectivity index (χ1) is 5.29. The summed E-state index contributed by atoms with van der Waals surface area (Å²) in [5.74, 6) is 0. The Hall–Kier alpha value is -0.160. The lowest BCUT2D eigenvalue weighted by Crippen LogP contribution is -2.25. The van der Waals surface area contributed by atoms with Gasteiger partial charge in [-0.25, -0.2) is 0 Å². The van der Waals surface area contributed by atoms with Gasteiger partial charge in [0.2, 0.25) is 0 Å². The highest BCUT2D eigenvalue weighted by molar-refractivity contribution is 4.52. The van der Waals surface area contributed by atoms with Crippen molar-refractivity contribution in [3.63, 3.8) is 0 Å². The third-order valence-electron chi connectivity index (χ3n) is 1.33. The molecule has 4 nitrogen and oxygen atoms in total. The van der Waals surface area contributed by atoms with E-state index < -0.39 is 0 Å².